The zero-order chi connectivity index (χ0) is 22.7. The van der Waals surface area contributed by atoms with Crippen LogP contribution in [0.1, 0.15) is 46.9 Å². The highest BCUT2D eigenvalue weighted by Gasteiger charge is 2.41. The van der Waals surface area contributed by atoms with Gasteiger partial charge in [0.05, 0.1) is 11.1 Å². The lowest BCUT2D eigenvalue weighted by molar-refractivity contribution is -0.150. The number of nitrogens with zero attached hydrogens (tertiary/aromatic N) is 2. The number of fused-ring (bicyclic) bond motifs is 1. The number of hydrogen-bond acceptors (Lipinski definition) is 6. The Kier molecular flexibility index (Phi) is 6.20. The molecule has 0 saturated carbocycles. The largest absolute Gasteiger partial charge is 0.454 e. The maximum absolute atomic E-state index is 12.5. The number of esters is 1. The van der Waals surface area contributed by atoms with Crippen molar-refractivity contribution in [3.8, 4) is 0 Å². The number of imide groups is 1. The van der Waals surface area contributed by atoms with E-state index in [1.165, 1.54) is 38.3 Å². The van der Waals surface area contributed by atoms with Crippen LogP contribution < -0.4 is 10.2 Å². The summed E-state index contributed by atoms with van der Waals surface area (Å²) in [6, 6.07) is 12.8. The van der Waals surface area contributed by atoms with Gasteiger partial charge in [0, 0.05) is 24.5 Å². The van der Waals surface area contributed by atoms with Gasteiger partial charge in [0.25, 0.3) is 17.7 Å². The lowest BCUT2D eigenvalue weighted by Crippen LogP contribution is -2.44. The smallest absolute Gasteiger partial charge is 0.329 e. The van der Waals surface area contributed by atoms with Crippen LogP contribution in [0.15, 0.2) is 48.5 Å². The van der Waals surface area contributed by atoms with E-state index in [1.54, 1.807) is 12.1 Å². The molecule has 0 radical (unpaired) electrons. The van der Waals surface area contributed by atoms with Crippen LogP contribution in [0.5, 0.6) is 0 Å². The summed E-state index contributed by atoms with van der Waals surface area (Å²) in [6.45, 7) is 2.96. The molecule has 2 aromatic rings. The third-order valence-electron chi connectivity index (χ3n) is 5.77. The van der Waals surface area contributed by atoms with Crippen molar-refractivity contribution in [1.82, 2.24) is 4.90 Å². The Bertz CT molecular complexity index is 1010. The first-order chi connectivity index (χ1) is 15.5. The van der Waals surface area contributed by atoms with Gasteiger partial charge in [0.15, 0.2) is 6.61 Å². The molecule has 32 heavy (non-hydrogen) atoms. The van der Waals surface area contributed by atoms with E-state index in [9.17, 15) is 19.2 Å². The predicted molar refractivity (Wildman–Crippen MR) is 118 cm³/mol. The molecule has 1 atom stereocenters. The van der Waals surface area contributed by atoms with Crippen LogP contribution in [0.4, 0.5) is 11.4 Å². The molecule has 0 bridgehead atoms. The number of piperidine rings is 1. The highest BCUT2D eigenvalue weighted by atomic mass is 16.5. The maximum atomic E-state index is 12.5. The molecule has 166 valence electrons. The Morgan fingerprint density at radius 1 is 0.938 bits per heavy atom. The molecule has 8 nitrogen and oxygen atoms in total. The number of rotatable bonds is 6. The molecule has 2 aromatic carbocycles. The monoisotopic (exact) mass is 435 g/mol. The maximum Gasteiger partial charge on any atom is 0.329 e. The highest BCUT2D eigenvalue weighted by Crippen LogP contribution is 2.25. The van der Waals surface area contributed by atoms with E-state index in [4.69, 9.17) is 4.74 Å². The molecule has 1 saturated heterocycles. The van der Waals surface area contributed by atoms with Crippen LogP contribution in [-0.4, -0.2) is 54.3 Å². The standard InChI is InChI=1S/C24H25N3O5/c1-16(27-22(29)19-7-3-4-8-20(19)23(27)30)24(31)32-15-21(28)25-17-9-11-18(12-10-17)26-13-5-2-6-14-26/h3-4,7-12,16H,2,5-6,13-15H2,1H3,(H,25,28). The summed E-state index contributed by atoms with van der Waals surface area (Å²) in [7, 11) is 0. The highest BCUT2D eigenvalue weighted by molar-refractivity contribution is 6.22. The normalized spacial score (nSPS) is 16.5. The van der Waals surface area contributed by atoms with Crippen molar-refractivity contribution in [2.75, 3.05) is 29.9 Å². The van der Waals surface area contributed by atoms with Gasteiger partial charge in [-0.3, -0.25) is 19.3 Å². The molecule has 2 aliphatic heterocycles. The van der Waals surface area contributed by atoms with Crippen LogP contribution >= 0.6 is 0 Å². The number of hydrogen-bond donors (Lipinski definition) is 1. The van der Waals surface area contributed by atoms with E-state index in [2.05, 4.69) is 10.2 Å². The lowest BCUT2D eigenvalue weighted by Gasteiger charge is -2.28. The number of amides is 3. The molecule has 8 heteroatoms. The zero-order valence-electron chi connectivity index (χ0n) is 17.9. The van der Waals surface area contributed by atoms with Crippen molar-refractivity contribution < 1.29 is 23.9 Å². The van der Waals surface area contributed by atoms with Gasteiger partial charge in [-0.05, 0) is 62.6 Å². The van der Waals surface area contributed by atoms with Gasteiger partial charge >= 0.3 is 5.97 Å². The average molecular weight is 435 g/mol. The fourth-order valence-corrected chi connectivity index (χ4v) is 4.03. The third-order valence-corrected chi connectivity index (χ3v) is 5.77. The third kappa shape index (κ3) is 4.34. The predicted octanol–water partition coefficient (Wildman–Crippen LogP) is 2.84. The fraction of sp³-hybridized carbons (Fsp3) is 0.333. The van der Waals surface area contributed by atoms with E-state index in [-0.39, 0.29) is 11.1 Å². The Morgan fingerprint density at radius 2 is 1.53 bits per heavy atom. The van der Waals surface area contributed by atoms with Crippen LogP contribution in [0.25, 0.3) is 0 Å². The van der Waals surface area contributed by atoms with Gasteiger partial charge in [0.1, 0.15) is 6.04 Å². The summed E-state index contributed by atoms with van der Waals surface area (Å²) in [5.41, 5.74) is 2.22. The minimum absolute atomic E-state index is 0.253. The first-order valence-corrected chi connectivity index (χ1v) is 10.7. The number of nitrogens with one attached hydrogen (secondary N) is 1. The van der Waals surface area contributed by atoms with E-state index < -0.39 is 36.3 Å². The quantitative estimate of drug-likeness (QED) is 0.554. The molecular formula is C24H25N3O5. The van der Waals surface area contributed by atoms with Crippen LogP contribution in [0.3, 0.4) is 0 Å². The minimum atomic E-state index is -1.14. The number of ether oxygens (including phenoxy) is 1. The second kappa shape index (κ2) is 9.21. The molecule has 3 amide bonds. The number of benzene rings is 2. The summed E-state index contributed by atoms with van der Waals surface area (Å²) in [4.78, 5) is 52.8. The van der Waals surface area contributed by atoms with Crippen molar-refractivity contribution in [3.63, 3.8) is 0 Å². The fourth-order valence-electron chi connectivity index (χ4n) is 4.03. The molecule has 1 fully saturated rings. The topological polar surface area (TPSA) is 96.0 Å². The summed E-state index contributed by atoms with van der Waals surface area (Å²) in [5, 5.41) is 2.69. The Labute approximate surface area is 186 Å². The second-order valence-electron chi connectivity index (χ2n) is 7.95. The summed E-state index contributed by atoms with van der Waals surface area (Å²) < 4.78 is 5.06. The zero-order valence-corrected chi connectivity index (χ0v) is 17.9. The van der Waals surface area contributed by atoms with E-state index >= 15 is 0 Å². The van der Waals surface area contributed by atoms with Gasteiger partial charge in [-0.25, -0.2) is 4.79 Å². The summed E-state index contributed by atoms with van der Waals surface area (Å²) in [5.74, 6) is -2.42. The van der Waals surface area contributed by atoms with E-state index in [0.717, 1.165) is 23.7 Å². The Hall–Kier alpha value is -3.68. The molecule has 2 aliphatic rings. The SMILES string of the molecule is CC(C(=O)OCC(=O)Nc1ccc(N2CCCCC2)cc1)N1C(=O)c2ccccc2C1=O. The van der Waals surface area contributed by atoms with Crippen molar-refractivity contribution in [1.29, 1.82) is 0 Å². The minimum Gasteiger partial charge on any atom is -0.454 e. The number of carbonyl (C=O) groups excluding carboxylic acids is 4. The molecular weight excluding hydrogens is 410 g/mol. The molecule has 0 aromatic heterocycles. The second-order valence-corrected chi connectivity index (χ2v) is 7.95. The van der Waals surface area contributed by atoms with Gasteiger partial charge in [-0.15, -0.1) is 0 Å². The number of anilines is 2. The van der Waals surface area contributed by atoms with E-state index in [0.29, 0.717) is 5.69 Å². The molecule has 0 aliphatic carbocycles. The van der Waals surface area contributed by atoms with Crippen LogP contribution in [0, 0.1) is 0 Å². The van der Waals surface area contributed by atoms with Crippen LogP contribution in [0.2, 0.25) is 0 Å². The van der Waals surface area contributed by atoms with Gasteiger partial charge < -0.3 is 15.0 Å². The van der Waals surface area contributed by atoms with Crippen molar-refractivity contribution in [3.05, 3.63) is 59.7 Å². The summed E-state index contributed by atoms with van der Waals surface area (Å²) in [6.07, 6.45) is 3.63. The van der Waals surface area contributed by atoms with Gasteiger partial charge in [0.2, 0.25) is 0 Å². The van der Waals surface area contributed by atoms with Crippen LogP contribution in [-0.2, 0) is 14.3 Å². The number of carbonyl (C=O) groups is 4. The first-order valence-electron chi connectivity index (χ1n) is 10.7. The molecule has 2 heterocycles. The van der Waals surface area contributed by atoms with E-state index in [1.807, 2.05) is 24.3 Å². The average Bonchev–Trinajstić information content (AvgIpc) is 3.08. The Balaban J connectivity index is 1.29. The lowest BCUT2D eigenvalue weighted by atomic mass is 10.1. The molecule has 4 rings (SSSR count). The molecule has 0 spiro atoms. The molecule has 1 N–H and O–H groups in total. The van der Waals surface area contributed by atoms with Gasteiger partial charge in [-0.1, -0.05) is 12.1 Å². The first kappa shape index (κ1) is 21.5. The summed E-state index contributed by atoms with van der Waals surface area (Å²) >= 11 is 0. The Morgan fingerprint density at radius 3 is 2.12 bits per heavy atom. The van der Waals surface area contributed by atoms with Crippen molar-refractivity contribution in [2.45, 2.75) is 32.2 Å². The van der Waals surface area contributed by atoms with Crippen molar-refractivity contribution >= 4 is 35.1 Å². The van der Waals surface area contributed by atoms with Crippen molar-refractivity contribution in [2.24, 2.45) is 0 Å². The molecule has 1 unspecified atom stereocenters. The van der Waals surface area contributed by atoms with Gasteiger partial charge in [-0.2, -0.15) is 0 Å².